The standard InChI is InChI=1S/C18H21N3O2S/c1-13-19-14(8-24-13)7-17(22)21-11-18(12-21)9-20(10-18)15-3-5-16(23-2)6-4-15/h3-6,8H,7,9-12H2,1-2H3. The molecule has 0 bridgehead atoms. The Morgan fingerprint density at radius 2 is 1.96 bits per heavy atom. The van der Waals surface area contributed by atoms with Crippen LogP contribution in [0.25, 0.3) is 0 Å². The third-order valence-corrected chi connectivity index (χ3v) is 5.72. The summed E-state index contributed by atoms with van der Waals surface area (Å²) in [5.74, 6) is 1.08. The van der Waals surface area contributed by atoms with Crippen LogP contribution in [0.2, 0.25) is 0 Å². The zero-order valence-electron chi connectivity index (χ0n) is 14.0. The molecule has 6 heteroatoms. The molecule has 0 unspecified atom stereocenters. The number of methoxy groups -OCH3 is 1. The van der Waals surface area contributed by atoms with Crippen molar-refractivity contribution in [3.63, 3.8) is 0 Å². The van der Waals surface area contributed by atoms with Gasteiger partial charge in [0.2, 0.25) is 5.91 Å². The van der Waals surface area contributed by atoms with Gasteiger partial charge in [0, 0.05) is 42.7 Å². The van der Waals surface area contributed by atoms with Crippen LogP contribution >= 0.6 is 11.3 Å². The summed E-state index contributed by atoms with van der Waals surface area (Å²) in [5.41, 5.74) is 2.43. The number of hydrogen-bond acceptors (Lipinski definition) is 5. The lowest BCUT2D eigenvalue weighted by molar-refractivity contribution is -0.144. The number of benzene rings is 1. The number of amides is 1. The fourth-order valence-electron chi connectivity index (χ4n) is 3.64. The Bertz CT molecular complexity index is 742. The van der Waals surface area contributed by atoms with E-state index >= 15 is 0 Å². The number of carbonyl (C=O) groups is 1. The van der Waals surface area contributed by atoms with Crippen LogP contribution in [0.1, 0.15) is 10.7 Å². The van der Waals surface area contributed by atoms with E-state index in [0.717, 1.165) is 42.6 Å². The number of nitrogens with zero attached hydrogens (tertiary/aromatic N) is 3. The minimum Gasteiger partial charge on any atom is -0.497 e. The summed E-state index contributed by atoms with van der Waals surface area (Å²) in [6, 6.07) is 8.18. The lowest BCUT2D eigenvalue weighted by Gasteiger charge is -2.61. The van der Waals surface area contributed by atoms with Gasteiger partial charge in [-0.2, -0.15) is 0 Å². The first-order valence-corrected chi connectivity index (χ1v) is 9.03. The molecular weight excluding hydrogens is 322 g/mol. The number of hydrogen-bond donors (Lipinski definition) is 0. The zero-order chi connectivity index (χ0) is 16.7. The number of thiazole rings is 1. The SMILES string of the molecule is COc1ccc(N2CC3(CN(C(=O)Cc4csc(C)n4)C3)C2)cc1. The molecule has 24 heavy (non-hydrogen) atoms. The fraction of sp³-hybridized carbons (Fsp3) is 0.444. The van der Waals surface area contributed by atoms with E-state index in [4.69, 9.17) is 4.74 Å². The van der Waals surface area contributed by atoms with Gasteiger partial charge in [-0.25, -0.2) is 4.98 Å². The second kappa shape index (κ2) is 5.77. The number of aryl methyl sites for hydroxylation is 1. The fourth-order valence-corrected chi connectivity index (χ4v) is 4.25. The Kier molecular flexibility index (Phi) is 3.72. The van der Waals surface area contributed by atoms with E-state index in [0.29, 0.717) is 11.8 Å². The molecule has 1 aromatic carbocycles. The van der Waals surface area contributed by atoms with Crippen molar-refractivity contribution < 1.29 is 9.53 Å². The number of carbonyl (C=O) groups excluding carboxylic acids is 1. The van der Waals surface area contributed by atoms with Crippen LogP contribution in [0.5, 0.6) is 5.75 Å². The summed E-state index contributed by atoms with van der Waals surface area (Å²) in [4.78, 5) is 21.0. The van der Waals surface area contributed by atoms with Crippen molar-refractivity contribution in [2.45, 2.75) is 13.3 Å². The minimum absolute atomic E-state index is 0.203. The highest BCUT2D eigenvalue weighted by Crippen LogP contribution is 2.42. The van der Waals surface area contributed by atoms with Gasteiger partial charge in [0.1, 0.15) is 5.75 Å². The van der Waals surface area contributed by atoms with E-state index in [9.17, 15) is 4.79 Å². The molecule has 1 spiro atoms. The Balaban J connectivity index is 1.28. The average molecular weight is 343 g/mol. The highest BCUT2D eigenvalue weighted by Gasteiger charge is 2.53. The van der Waals surface area contributed by atoms with Gasteiger partial charge in [0.15, 0.2) is 0 Å². The number of likely N-dealkylation sites (tertiary alicyclic amines) is 1. The summed E-state index contributed by atoms with van der Waals surface area (Å²) in [6.45, 7) is 5.78. The molecule has 5 nitrogen and oxygen atoms in total. The molecule has 4 rings (SSSR count). The van der Waals surface area contributed by atoms with Crippen molar-refractivity contribution in [1.29, 1.82) is 0 Å². The molecule has 1 aromatic heterocycles. The second-order valence-corrected chi connectivity index (χ2v) is 7.90. The Morgan fingerprint density at radius 1 is 1.25 bits per heavy atom. The maximum absolute atomic E-state index is 12.3. The van der Waals surface area contributed by atoms with Crippen molar-refractivity contribution >= 4 is 22.9 Å². The molecule has 0 aliphatic carbocycles. The van der Waals surface area contributed by atoms with Crippen molar-refractivity contribution in [2.24, 2.45) is 5.41 Å². The molecule has 2 aliphatic heterocycles. The number of anilines is 1. The quantitative estimate of drug-likeness (QED) is 0.855. The molecule has 0 saturated carbocycles. The Hall–Kier alpha value is -2.08. The third-order valence-electron chi connectivity index (χ3n) is 4.89. The van der Waals surface area contributed by atoms with Crippen LogP contribution in [-0.4, -0.2) is 49.1 Å². The highest BCUT2D eigenvalue weighted by molar-refractivity contribution is 7.09. The molecule has 0 radical (unpaired) electrons. The minimum atomic E-state index is 0.203. The van der Waals surface area contributed by atoms with Crippen LogP contribution in [0.3, 0.4) is 0 Å². The zero-order valence-corrected chi connectivity index (χ0v) is 14.8. The van der Waals surface area contributed by atoms with Crippen LogP contribution in [0, 0.1) is 12.3 Å². The summed E-state index contributed by atoms with van der Waals surface area (Å²) in [6.07, 6.45) is 0.433. The molecule has 0 atom stereocenters. The molecule has 1 amide bonds. The highest BCUT2D eigenvalue weighted by atomic mass is 32.1. The molecule has 3 heterocycles. The first-order valence-electron chi connectivity index (χ1n) is 8.15. The van der Waals surface area contributed by atoms with Gasteiger partial charge in [0.25, 0.3) is 0 Å². The van der Waals surface area contributed by atoms with Gasteiger partial charge in [-0.3, -0.25) is 4.79 Å². The lowest BCUT2D eigenvalue weighted by Crippen LogP contribution is -2.73. The van der Waals surface area contributed by atoms with Crippen molar-refractivity contribution in [3.05, 3.63) is 40.3 Å². The first kappa shape index (κ1) is 15.4. The topological polar surface area (TPSA) is 45.7 Å². The first-order chi connectivity index (χ1) is 11.6. The van der Waals surface area contributed by atoms with Gasteiger partial charge in [-0.15, -0.1) is 11.3 Å². The van der Waals surface area contributed by atoms with Crippen LogP contribution in [-0.2, 0) is 11.2 Å². The Morgan fingerprint density at radius 3 is 2.54 bits per heavy atom. The summed E-state index contributed by atoms with van der Waals surface area (Å²) >= 11 is 1.60. The second-order valence-electron chi connectivity index (χ2n) is 6.84. The van der Waals surface area contributed by atoms with E-state index in [1.807, 2.05) is 29.3 Å². The Labute approximate surface area is 145 Å². The molecule has 2 aromatic rings. The van der Waals surface area contributed by atoms with Crippen molar-refractivity contribution in [1.82, 2.24) is 9.88 Å². The number of aromatic nitrogens is 1. The van der Waals surface area contributed by atoms with E-state index in [1.54, 1.807) is 18.4 Å². The number of rotatable bonds is 4. The van der Waals surface area contributed by atoms with Crippen molar-refractivity contribution in [3.8, 4) is 5.75 Å². The van der Waals surface area contributed by atoms with E-state index in [1.165, 1.54) is 5.69 Å². The van der Waals surface area contributed by atoms with Gasteiger partial charge in [-0.05, 0) is 31.2 Å². The predicted molar refractivity (Wildman–Crippen MR) is 94.8 cm³/mol. The van der Waals surface area contributed by atoms with Crippen LogP contribution < -0.4 is 9.64 Å². The summed E-state index contributed by atoms with van der Waals surface area (Å²) in [5, 5.41) is 3.00. The van der Waals surface area contributed by atoms with Gasteiger partial charge in [-0.1, -0.05) is 0 Å². The van der Waals surface area contributed by atoms with Crippen molar-refractivity contribution in [2.75, 3.05) is 38.2 Å². The van der Waals surface area contributed by atoms with Crippen LogP contribution in [0.15, 0.2) is 29.6 Å². The van der Waals surface area contributed by atoms with Gasteiger partial charge < -0.3 is 14.5 Å². The largest absolute Gasteiger partial charge is 0.497 e. The molecule has 126 valence electrons. The molecule has 2 fully saturated rings. The maximum Gasteiger partial charge on any atom is 0.228 e. The summed E-state index contributed by atoms with van der Waals surface area (Å²) in [7, 11) is 1.68. The molecule has 0 N–H and O–H groups in total. The molecular formula is C18H21N3O2S. The lowest BCUT2D eigenvalue weighted by atomic mass is 9.72. The smallest absolute Gasteiger partial charge is 0.228 e. The third kappa shape index (κ3) is 2.75. The predicted octanol–water partition coefficient (Wildman–Crippen LogP) is 2.35. The van der Waals surface area contributed by atoms with E-state index in [-0.39, 0.29) is 5.91 Å². The monoisotopic (exact) mass is 343 g/mol. The van der Waals surface area contributed by atoms with Gasteiger partial charge in [0.05, 0.1) is 24.2 Å². The average Bonchev–Trinajstić information content (AvgIpc) is 2.90. The number of ether oxygens (including phenoxy) is 1. The normalized spacial score (nSPS) is 18.2. The maximum atomic E-state index is 12.3. The van der Waals surface area contributed by atoms with Crippen LogP contribution in [0.4, 0.5) is 5.69 Å². The molecule has 2 aliphatic rings. The summed E-state index contributed by atoms with van der Waals surface area (Å²) < 4.78 is 5.20. The van der Waals surface area contributed by atoms with E-state index < -0.39 is 0 Å². The van der Waals surface area contributed by atoms with E-state index in [2.05, 4.69) is 22.0 Å². The van der Waals surface area contributed by atoms with Gasteiger partial charge >= 0.3 is 0 Å². The molecule has 2 saturated heterocycles.